The second kappa shape index (κ2) is 4.33. The molecule has 1 aromatic heterocycles. The van der Waals surface area contributed by atoms with Gasteiger partial charge in [-0.25, -0.2) is 4.79 Å². The number of hydrogen-bond donors (Lipinski definition) is 1. The van der Waals surface area contributed by atoms with Crippen molar-refractivity contribution in [3.8, 4) is 0 Å². The second-order valence-electron chi connectivity index (χ2n) is 3.66. The van der Waals surface area contributed by atoms with Gasteiger partial charge in [-0.15, -0.1) is 9.36 Å². The fourth-order valence-electron chi connectivity index (χ4n) is 1.62. The van der Waals surface area contributed by atoms with E-state index in [9.17, 15) is 4.79 Å². The van der Waals surface area contributed by atoms with Crippen LogP contribution in [0, 0.1) is 0 Å². The lowest BCUT2D eigenvalue weighted by molar-refractivity contribution is -0.754. The first-order valence-corrected chi connectivity index (χ1v) is 5.02. The smallest absolute Gasteiger partial charge is 0.348 e. The lowest BCUT2D eigenvalue weighted by Crippen LogP contribution is -2.39. The number of carbonyl (C=O) groups excluding carboxylic acids is 1. The number of nitrogen functional groups attached to an aromatic ring is 1. The highest BCUT2D eigenvalue weighted by molar-refractivity contribution is 5.93. The predicted molar refractivity (Wildman–Crippen MR) is 56.4 cm³/mol. The Labute approximate surface area is 89.4 Å². The lowest BCUT2D eigenvalue weighted by Gasteiger charge is -2.05. The quantitative estimate of drug-likeness (QED) is 0.591. The van der Waals surface area contributed by atoms with Gasteiger partial charge in [-0.2, -0.15) is 0 Å². The molecule has 0 aliphatic carbocycles. The molecule has 0 bridgehead atoms. The Hall–Kier alpha value is -1.52. The van der Waals surface area contributed by atoms with E-state index in [-0.39, 0.29) is 12.0 Å². The number of aryl methyl sites for hydroxylation is 1. The molecule has 1 aromatic rings. The predicted octanol–water partition coefficient (Wildman–Crippen LogP) is 0.652. The number of hydrogen-bond acceptors (Lipinski definition) is 3. The third-order valence-electron chi connectivity index (χ3n) is 2.16. The van der Waals surface area contributed by atoms with Gasteiger partial charge in [-0.05, 0) is 20.8 Å². The van der Waals surface area contributed by atoms with Gasteiger partial charge in [-0.3, -0.25) is 0 Å². The minimum atomic E-state index is -0.370. The van der Waals surface area contributed by atoms with Crippen LogP contribution in [-0.2, 0) is 11.8 Å². The minimum Gasteiger partial charge on any atom is -0.462 e. The van der Waals surface area contributed by atoms with Gasteiger partial charge in [0, 0.05) is 0 Å². The summed E-state index contributed by atoms with van der Waals surface area (Å²) in [5, 5.41) is 0. The Morgan fingerprint density at radius 3 is 2.67 bits per heavy atom. The first-order chi connectivity index (χ1) is 6.99. The maximum absolute atomic E-state index is 11.5. The summed E-state index contributed by atoms with van der Waals surface area (Å²) in [7, 11) is 1.85. The maximum atomic E-state index is 11.5. The second-order valence-corrected chi connectivity index (χ2v) is 3.66. The van der Waals surface area contributed by atoms with Crippen molar-refractivity contribution >= 4 is 11.8 Å². The Balaban J connectivity index is 3.12. The molecule has 15 heavy (non-hydrogen) atoms. The van der Waals surface area contributed by atoms with Crippen molar-refractivity contribution in [2.24, 2.45) is 7.05 Å². The molecule has 5 heteroatoms. The molecule has 0 saturated heterocycles. The molecule has 0 atom stereocenters. The Bertz CT molecular complexity index is 369. The van der Waals surface area contributed by atoms with E-state index < -0.39 is 0 Å². The average molecular weight is 212 g/mol. The van der Waals surface area contributed by atoms with Gasteiger partial charge in [0.1, 0.15) is 0 Å². The van der Waals surface area contributed by atoms with Gasteiger partial charge in [-0.1, -0.05) is 0 Å². The number of ether oxygens (including phenoxy) is 1. The normalized spacial score (nSPS) is 10.7. The Kier molecular flexibility index (Phi) is 3.34. The van der Waals surface area contributed by atoms with Crippen LogP contribution in [0.15, 0.2) is 6.20 Å². The van der Waals surface area contributed by atoms with Crippen molar-refractivity contribution in [3.05, 3.63) is 11.8 Å². The summed E-state index contributed by atoms with van der Waals surface area (Å²) in [6, 6.07) is 0.207. The fraction of sp³-hybridized carbons (Fsp3) is 0.600. The number of anilines is 1. The van der Waals surface area contributed by atoms with Gasteiger partial charge in [0.05, 0.1) is 12.6 Å². The van der Waals surface area contributed by atoms with E-state index in [2.05, 4.69) is 0 Å². The van der Waals surface area contributed by atoms with Crippen LogP contribution in [0.2, 0.25) is 0 Å². The number of carbonyl (C=O) groups is 1. The van der Waals surface area contributed by atoms with Gasteiger partial charge in [0.25, 0.3) is 0 Å². The summed E-state index contributed by atoms with van der Waals surface area (Å²) in [6.45, 7) is 6.14. The maximum Gasteiger partial charge on any atom is 0.348 e. The molecule has 0 aliphatic rings. The molecule has 0 aromatic carbocycles. The van der Waals surface area contributed by atoms with Crippen LogP contribution in [0.1, 0.15) is 37.2 Å². The summed E-state index contributed by atoms with van der Waals surface area (Å²) >= 11 is 0. The number of nitrogens with two attached hydrogens (primary N) is 1. The molecule has 1 heterocycles. The molecule has 2 N–H and O–H groups in total. The number of aromatic nitrogens is 2. The molecule has 1 rings (SSSR count). The van der Waals surface area contributed by atoms with Crippen molar-refractivity contribution in [1.29, 1.82) is 0 Å². The largest absolute Gasteiger partial charge is 0.462 e. The standard InChI is InChI=1S/C10H17N3O2/c1-5-15-10(14)8-6-12(4)13(7(2)3)9(8)11/h6-7,11H,5H2,1-4H3/p+1. The van der Waals surface area contributed by atoms with Crippen molar-refractivity contribution in [3.63, 3.8) is 0 Å². The molecule has 0 spiro atoms. The zero-order valence-corrected chi connectivity index (χ0v) is 9.65. The molecule has 0 fully saturated rings. The molecular formula is C10H18N3O2+. The first-order valence-electron chi connectivity index (χ1n) is 5.02. The van der Waals surface area contributed by atoms with Crippen molar-refractivity contribution < 1.29 is 14.2 Å². The van der Waals surface area contributed by atoms with Gasteiger partial charge in [0.2, 0.25) is 6.20 Å². The zero-order chi connectivity index (χ0) is 11.6. The van der Waals surface area contributed by atoms with Crippen LogP contribution < -0.4 is 10.4 Å². The topological polar surface area (TPSA) is 61.1 Å². The molecule has 0 amide bonds. The van der Waals surface area contributed by atoms with Crippen LogP contribution in [0.4, 0.5) is 5.82 Å². The Morgan fingerprint density at radius 2 is 2.27 bits per heavy atom. The van der Waals surface area contributed by atoms with Crippen molar-refractivity contribution in [2.45, 2.75) is 26.8 Å². The highest BCUT2D eigenvalue weighted by Crippen LogP contribution is 2.15. The van der Waals surface area contributed by atoms with Gasteiger partial charge in [0.15, 0.2) is 18.4 Å². The molecule has 0 radical (unpaired) electrons. The molecule has 0 aliphatic heterocycles. The van der Waals surface area contributed by atoms with E-state index in [4.69, 9.17) is 10.5 Å². The average Bonchev–Trinajstić information content (AvgIpc) is 2.42. The van der Waals surface area contributed by atoms with Crippen LogP contribution in [0.3, 0.4) is 0 Å². The number of esters is 1. The number of nitrogens with zero attached hydrogens (tertiary/aromatic N) is 2. The van der Waals surface area contributed by atoms with E-state index in [1.165, 1.54) is 0 Å². The molecule has 84 valence electrons. The van der Waals surface area contributed by atoms with Crippen LogP contribution in [-0.4, -0.2) is 17.3 Å². The van der Waals surface area contributed by atoms with Crippen molar-refractivity contribution in [2.75, 3.05) is 12.3 Å². The summed E-state index contributed by atoms with van der Waals surface area (Å²) < 4.78 is 8.55. The van der Waals surface area contributed by atoms with E-state index in [1.54, 1.807) is 17.8 Å². The minimum absolute atomic E-state index is 0.207. The lowest BCUT2D eigenvalue weighted by atomic mass is 10.3. The summed E-state index contributed by atoms with van der Waals surface area (Å²) in [6.07, 6.45) is 1.69. The zero-order valence-electron chi connectivity index (χ0n) is 9.65. The van der Waals surface area contributed by atoms with E-state index in [1.807, 2.05) is 25.6 Å². The molecule has 0 saturated carbocycles. The fourth-order valence-corrected chi connectivity index (χ4v) is 1.62. The van der Waals surface area contributed by atoms with Gasteiger partial charge < -0.3 is 10.5 Å². The number of rotatable bonds is 3. The first kappa shape index (κ1) is 11.6. The van der Waals surface area contributed by atoms with E-state index in [0.717, 1.165) is 0 Å². The third kappa shape index (κ3) is 2.11. The van der Waals surface area contributed by atoms with E-state index in [0.29, 0.717) is 18.0 Å². The summed E-state index contributed by atoms with van der Waals surface area (Å²) in [4.78, 5) is 11.5. The van der Waals surface area contributed by atoms with Crippen LogP contribution >= 0.6 is 0 Å². The molecule has 0 unspecified atom stereocenters. The highest BCUT2D eigenvalue weighted by Gasteiger charge is 2.24. The highest BCUT2D eigenvalue weighted by atomic mass is 16.5. The van der Waals surface area contributed by atoms with Crippen molar-refractivity contribution in [1.82, 2.24) is 4.68 Å². The third-order valence-corrected chi connectivity index (χ3v) is 2.16. The van der Waals surface area contributed by atoms with E-state index >= 15 is 0 Å². The molecular weight excluding hydrogens is 194 g/mol. The summed E-state index contributed by atoms with van der Waals surface area (Å²) in [5.41, 5.74) is 6.30. The monoisotopic (exact) mass is 212 g/mol. The van der Waals surface area contributed by atoms with Crippen LogP contribution in [0.25, 0.3) is 0 Å². The summed E-state index contributed by atoms with van der Waals surface area (Å²) in [5.74, 6) is 0.0796. The SMILES string of the molecule is CCOC(=O)c1c[n+](C)n(C(C)C)c1N. The Morgan fingerprint density at radius 1 is 1.67 bits per heavy atom. The molecule has 5 nitrogen and oxygen atoms in total. The van der Waals surface area contributed by atoms with Crippen LogP contribution in [0.5, 0.6) is 0 Å². The van der Waals surface area contributed by atoms with Gasteiger partial charge >= 0.3 is 5.97 Å².